The SMILES string of the molecule is COc1ccc(CCc2ccc(-c3noc([C@@H]4[C@@H](O)CCN4/C(=N/C(=O)OC(C)(C)C)NC(=O)OC(C)(C)C)n3)cc2C(F)(F)F)cc1. The van der Waals surface area contributed by atoms with Crippen LogP contribution in [0.2, 0.25) is 0 Å². The van der Waals surface area contributed by atoms with E-state index in [0.717, 1.165) is 11.6 Å². The first-order valence-electron chi connectivity index (χ1n) is 15.3. The monoisotopic (exact) mass is 675 g/mol. The molecule has 48 heavy (non-hydrogen) atoms. The van der Waals surface area contributed by atoms with Crippen LogP contribution >= 0.6 is 0 Å². The van der Waals surface area contributed by atoms with Gasteiger partial charge in [-0.25, -0.2) is 9.59 Å². The van der Waals surface area contributed by atoms with E-state index in [1.54, 1.807) is 65.8 Å². The van der Waals surface area contributed by atoms with Crippen LogP contribution in [-0.2, 0) is 28.5 Å². The highest BCUT2D eigenvalue weighted by atomic mass is 19.4. The minimum absolute atomic E-state index is 0.0408. The van der Waals surface area contributed by atoms with Gasteiger partial charge >= 0.3 is 18.4 Å². The van der Waals surface area contributed by atoms with Crippen LogP contribution in [0.4, 0.5) is 22.8 Å². The Morgan fingerprint density at radius 2 is 1.69 bits per heavy atom. The molecule has 260 valence electrons. The number of nitrogens with one attached hydrogen (secondary N) is 1. The van der Waals surface area contributed by atoms with Crippen LogP contribution in [0.3, 0.4) is 0 Å². The van der Waals surface area contributed by atoms with Gasteiger partial charge < -0.3 is 28.7 Å². The summed E-state index contributed by atoms with van der Waals surface area (Å²) in [5.41, 5.74) is -1.63. The summed E-state index contributed by atoms with van der Waals surface area (Å²) in [5.74, 6) is 0.0232. The number of aliphatic hydroxyl groups is 1. The molecule has 4 rings (SSSR count). The van der Waals surface area contributed by atoms with Gasteiger partial charge in [0.25, 0.3) is 5.89 Å². The van der Waals surface area contributed by atoms with Gasteiger partial charge in [-0.15, -0.1) is 4.99 Å². The topological polar surface area (TPSA) is 149 Å². The zero-order chi connectivity index (χ0) is 35.4. The van der Waals surface area contributed by atoms with Crippen molar-refractivity contribution in [1.82, 2.24) is 20.4 Å². The maximum atomic E-state index is 14.2. The molecule has 1 saturated heterocycles. The fraction of sp³-hybridized carbons (Fsp3) is 0.485. The summed E-state index contributed by atoms with van der Waals surface area (Å²) in [6.45, 7) is 9.96. The van der Waals surface area contributed by atoms with Crippen LogP contribution in [0, 0.1) is 0 Å². The lowest BCUT2D eigenvalue weighted by Gasteiger charge is -2.28. The summed E-state index contributed by atoms with van der Waals surface area (Å²) in [6, 6.07) is 9.79. The number of ether oxygens (including phenoxy) is 3. The Morgan fingerprint density at radius 3 is 2.29 bits per heavy atom. The van der Waals surface area contributed by atoms with Crippen molar-refractivity contribution in [2.45, 2.75) is 90.3 Å². The predicted molar refractivity (Wildman–Crippen MR) is 168 cm³/mol. The minimum Gasteiger partial charge on any atom is -0.497 e. The number of likely N-dealkylation sites (tertiary alicyclic amines) is 1. The maximum absolute atomic E-state index is 14.2. The van der Waals surface area contributed by atoms with E-state index in [1.165, 1.54) is 24.1 Å². The molecule has 3 aromatic rings. The largest absolute Gasteiger partial charge is 0.497 e. The third-order valence-corrected chi connectivity index (χ3v) is 7.05. The third kappa shape index (κ3) is 9.69. The van der Waals surface area contributed by atoms with Crippen LogP contribution in [0.25, 0.3) is 11.4 Å². The Labute approximate surface area is 276 Å². The quantitative estimate of drug-likeness (QED) is 0.220. The molecule has 0 unspecified atom stereocenters. The van der Waals surface area contributed by atoms with Crippen LogP contribution < -0.4 is 10.1 Å². The molecular formula is C33H40F3N5O7. The fourth-order valence-electron chi connectivity index (χ4n) is 4.98. The van der Waals surface area contributed by atoms with Crippen molar-refractivity contribution in [2.24, 2.45) is 4.99 Å². The number of aromatic nitrogens is 2. The van der Waals surface area contributed by atoms with E-state index < -0.39 is 47.3 Å². The first kappa shape index (κ1) is 36.2. The molecule has 12 nitrogen and oxygen atoms in total. The average Bonchev–Trinajstić information content (AvgIpc) is 3.60. The fourth-order valence-corrected chi connectivity index (χ4v) is 4.98. The molecule has 0 saturated carbocycles. The molecule has 2 heterocycles. The molecule has 0 aliphatic carbocycles. The van der Waals surface area contributed by atoms with E-state index in [9.17, 15) is 27.9 Å². The Bertz CT molecular complexity index is 1630. The van der Waals surface area contributed by atoms with Gasteiger partial charge in [-0.3, -0.25) is 5.32 Å². The first-order valence-corrected chi connectivity index (χ1v) is 15.3. The van der Waals surface area contributed by atoms with Crippen molar-refractivity contribution in [1.29, 1.82) is 0 Å². The molecule has 15 heteroatoms. The van der Waals surface area contributed by atoms with E-state index in [4.69, 9.17) is 18.7 Å². The molecule has 0 bridgehead atoms. The second kappa shape index (κ2) is 14.2. The number of hydrogen-bond donors (Lipinski definition) is 2. The summed E-state index contributed by atoms with van der Waals surface area (Å²) < 4.78 is 63.8. The number of carbonyl (C=O) groups is 2. The molecule has 0 radical (unpaired) electrons. The molecule has 2 amide bonds. The smallest absolute Gasteiger partial charge is 0.437 e. The molecule has 1 aliphatic rings. The minimum atomic E-state index is -4.66. The number of alkyl carbamates (subject to hydrolysis) is 1. The molecule has 1 fully saturated rings. The maximum Gasteiger partial charge on any atom is 0.437 e. The summed E-state index contributed by atoms with van der Waals surface area (Å²) >= 11 is 0. The summed E-state index contributed by atoms with van der Waals surface area (Å²) in [7, 11) is 1.53. The number of amides is 2. The standard InChI is InChI=1S/C33H40F3N5O7/c1-31(2,3)46-29(43)38-28(39-30(44)47-32(4,5)6)41-17-16-24(42)25(41)27-37-26(40-48-27)21-13-12-20(23(18-21)33(34,35)36)11-8-19-9-14-22(45-7)15-10-19/h9-10,12-15,18,24-25,42H,8,11,16-17H2,1-7H3,(H,38,39,43,44)/t24-,25-/m0/s1. The van der Waals surface area contributed by atoms with Crippen LogP contribution in [0.5, 0.6) is 5.75 Å². The van der Waals surface area contributed by atoms with E-state index in [0.29, 0.717) is 12.2 Å². The van der Waals surface area contributed by atoms with Crippen molar-refractivity contribution < 1.29 is 46.6 Å². The van der Waals surface area contributed by atoms with Crippen LogP contribution in [0.1, 0.15) is 76.6 Å². The van der Waals surface area contributed by atoms with Gasteiger partial charge in [0.2, 0.25) is 11.8 Å². The molecular weight excluding hydrogens is 635 g/mol. The number of aliphatic imine (C=N–C) groups is 1. The number of benzene rings is 2. The lowest BCUT2D eigenvalue weighted by molar-refractivity contribution is -0.138. The van der Waals surface area contributed by atoms with E-state index in [1.807, 2.05) is 0 Å². The molecule has 2 N–H and O–H groups in total. The number of alkyl halides is 3. The second-order valence-corrected chi connectivity index (χ2v) is 13.2. The normalized spacial score (nSPS) is 17.3. The summed E-state index contributed by atoms with van der Waals surface area (Å²) in [4.78, 5) is 35.0. The zero-order valence-electron chi connectivity index (χ0n) is 27.8. The van der Waals surface area contributed by atoms with Crippen LogP contribution in [-0.4, -0.2) is 69.3 Å². The Kier molecular flexibility index (Phi) is 10.7. The molecule has 1 aromatic heterocycles. The van der Waals surface area contributed by atoms with Gasteiger partial charge in [-0.2, -0.15) is 18.2 Å². The number of aryl methyl sites for hydroxylation is 2. The van der Waals surface area contributed by atoms with Gasteiger partial charge in [0.15, 0.2) is 0 Å². The van der Waals surface area contributed by atoms with Crippen molar-refractivity contribution in [2.75, 3.05) is 13.7 Å². The number of methoxy groups -OCH3 is 1. The highest BCUT2D eigenvalue weighted by Gasteiger charge is 2.42. The highest BCUT2D eigenvalue weighted by Crippen LogP contribution is 2.37. The average molecular weight is 676 g/mol. The summed E-state index contributed by atoms with van der Waals surface area (Å²) in [6.07, 6.45) is -7.09. The van der Waals surface area contributed by atoms with Crippen LogP contribution in [0.15, 0.2) is 52.0 Å². The second-order valence-electron chi connectivity index (χ2n) is 13.2. The van der Waals surface area contributed by atoms with Gasteiger partial charge in [0.1, 0.15) is 23.0 Å². The Morgan fingerprint density at radius 1 is 1.02 bits per heavy atom. The third-order valence-electron chi connectivity index (χ3n) is 7.05. The first-order chi connectivity index (χ1) is 22.3. The van der Waals surface area contributed by atoms with Gasteiger partial charge in [-0.1, -0.05) is 29.4 Å². The van der Waals surface area contributed by atoms with Crippen molar-refractivity contribution >= 4 is 18.1 Å². The summed E-state index contributed by atoms with van der Waals surface area (Å²) in [5, 5.41) is 17.2. The van der Waals surface area contributed by atoms with E-state index in [2.05, 4.69) is 20.4 Å². The molecule has 0 spiro atoms. The number of hydrogen-bond acceptors (Lipinski definition) is 9. The number of halogens is 3. The number of aliphatic hydroxyl groups excluding tert-OH is 1. The highest BCUT2D eigenvalue weighted by molar-refractivity contribution is 5.99. The molecule has 2 aromatic carbocycles. The van der Waals surface area contributed by atoms with Crippen molar-refractivity contribution in [3.63, 3.8) is 0 Å². The van der Waals surface area contributed by atoms with Gasteiger partial charge in [0.05, 0.1) is 18.8 Å². The molecule has 1 aliphatic heterocycles. The lowest BCUT2D eigenvalue weighted by Crippen LogP contribution is -2.47. The lowest BCUT2D eigenvalue weighted by atomic mass is 9.97. The number of rotatable bonds is 6. The number of carbonyl (C=O) groups excluding carboxylic acids is 2. The zero-order valence-corrected chi connectivity index (χ0v) is 27.8. The number of nitrogens with zero attached hydrogens (tertiary/aromatic N) is 4. The Balaban J connectivity index is 1.62. The van der Waals surface area contributed by atoms with Gasteiger partial charge in [0, 0.05) is 12.1 Å². The van der Waals surface area contributed by atoms with Gasteiger partial charge in [-0.05, 0) is 90.1 Å². The number of guanidine groups is 1. The van der Waals surface area contributed by atoms with E-state index in [-0.39, 0.29) is 48.2 Å². The van der Waals surface area contributed by atoms with Crippen molar-refractivity contribution in [3.8, 4) is 17.1 Å². The van der Waals surface area contributed by atoms with E-state index >= 15 is 0 Å². The predicted octanol–water partition coefficient (Wildman–Crippen LogP) is 6.47. The van der Waals surface area contributed by atoms with Crippen molar-refractivity contribution in [3.05, 3.63) is 65.0 Å². The Hall–Kier alpha value is -4.66. The molecule has 2 atom stereocenters.